The van der Waals surface area contributed by atoms with Gasteiger partial charge in [-0.15, -0.1) is 0 Å². The standard InChI is InChI=1S/C15H21BrN2O3/c1-9(2)5-10(8-17)6-14(19)18-13-7-11(15(20)21)3-4-12(13)16/h3-4,7,9-10H,5-6,8,17H2,1-2H3,(H,18,19)(H,20,21)/t10-/m0/s1. The molecule has 0 radical (unpaired) electrons. The summed E-state index contributed by atoms with van der Waals surface area (Å²) in [6.45, 7) is 4.64. The largest absolute Gasteiger partial charge is 0.478 e. The van der Waals surface area contributed by atoms with Crippen molar-refractivity contribution in [3.63, 3.8) is 0 Å². The van der Waals surface area contributed by atoms with Crippen LogP contribution in [0, 0.1) is 11.8 Å². The molecule has 0 bridgehead atoms. The summed E-state index contributed by atoms with van der Waals surface area (Å²) in [7, 11) is 0. The van der Waals surface area contributed by atoms with E-state index in [2.05, 4.69) is 35.1 Å². The van der Waals surface area contributed by atoms with Gasteiger partial charge in [0, 0.05) is 10.9 Å². The second-order valence-corrected chi connectivity index (χ2v) is 6.34. The summed E-state index contributed by atoms with van der Waals surface area (Å²) in [5.74, 6) is -0.577. The molecular formula is C15H21BrN2O3. The summed E-state index contributed by atoms with van der Waals surface area (Å²) in [6, 6.07) is 4.52. The van der Waals surface area contributed by atoms with Crippen LogP contribution in [0.15, 0.2) is 22.7 Å². The number of halogens is 1. The van der Waals surface area contributed by atoms with E-state index >= 15 is 0 Å². The Morgan fingerprint density at radius 2 is 2.05 bits per heavy atom. The molecule has 0 spiro atoms. The van der Waals surface area contributed by atoms with E-state index in [4.69, 9.17) is 10.8 Å². The molecule has 4 N–H and O–H groups in total. The molecule has 0 fully saturated rings. The molecule has 116 valence electrons. The van der Waals surface area contributed by atoms with Crippen LogP contribution in [0.25, 0.3) is 0 Å². The number of benzene rings is 1. The summed E-state index contributed by atoms with van der Waals surface area (Å²) >= 11 is 3.30. The molecule has 6 heteroatoms. The predicted molar refractivity (Wildman–Crippen MR) is 86.3 cm³/mol. The highest BCUT2D eigenvalue weighted by atomic mass is 79.9. The quantitative estimate of drug-likeness (QED) is 0.699. The zero-order chi connectivity index (χ0) is 16.0. The molecule has 0 unspecified atom stereocenters. The molecule has 0 heterocycles. The Balaban J connectivity index is 2.74. The molecule has 0 aromatic heterocycles. The van der Waals surface area contributed by atoms with Crippen LogP contribution in [0.1, 0.15) is 37.0 Å². The lowest BCUT2D eigenvalue weighted by molar-refractivity contribution is -0.117. The number of carbonyl (C=O) groups excluding carboxylic acids is 1. The number of rotatable bonds is 7. The monoisotopic (exact) mass is 356 g/mol. The molecule has 1 aromatic carbocycles. The molecule has 0 aliphatic carbocycles. The van der Waals surface area contributed by atoms with E-state index in [1.165, 1.54) is 12.1 Å². The lowest BCUT2D eigenvalue weighted by Crippen LogP contribution is -2.23. The number of aromatic carboxylic acids is 1. The Kier molecular flexibility index (Phi) is 6.84. The maximum atomic E-state index is 12.1. The zero-order valence-corrected chi connectivity index (χ0v) is 13.8. The minimum Gasteiger partial charge on any atom is -0.478 e. The number of nitrogens with two attached hydrogens (primary N) is 1. The molecule has 21 heavy (non-hydrogen) atoms. The van der Waals surface area contributed by atoms with Gasteiger partial charge in [0.05, 0.1) is 11.3 Å². The van der Waals surface area contributed by atoms with Gasteiger partial charge in [-0.05, 0) is 58.9 Å². The first kappa shape index (κ1) is 17.7. The van der Waals surface area contributed by atoms with Crippen LogP contribution in [0.2, 0.25) is 0 Å². The SMILES string of the molecule is CC(C)C[C@H](CN)CC(=O)Nc1cc(C(=O)O)ccc1Br. The fourth-order valence-electron chi connectivity index (χ4n) is 2.15. The minimum atomic E-state index is -1.03. The highest BCUT2D eigenvalue weighted by molar-refractivity contribution is 9.10. The molecule has 5 nitrogen and oxygen atoms in total. The molecule has 1 rings (SSSR count). The van der Waals surface area contributed by atoms with Gasteiger partial charge < -0.3 is 16.2 Å². The van der Waals surface area contributed by atoms with Crippen molar-refractivity contribution in [2.75, 3.05) is 11.9 Å². The first-order chi connectivity index (χ1) is 9.83. The van der Waals surface area contributed by atoms with Crippen molar-refractivity contribution in [2.24, 2.45) is 17.6 Å². The minimum absolute atomic E-state index is 0.131. The summed E-state index contributed by atoms with van der Waals surface area (Å²) < 4.78 is 0.647. The molecule has 1 atom stereocenters. The number of carbonyl (C=O) groups is 2. The van der Waals surface area contributed by atoms with Crippen LogP contribution in [0.5, 0.6) is 0 Å². The van der Waals surface area contributed by atoms with Gasteiger partial charge in [-0.25, -0.2) is 4.79 Å². The summed E-state index contributed by atoms with van der Waals surface area (Å²) in [6.07, 6.45) is 1.22. The van der Waals surface area contributed by atoms with E-state index in [-0.39, 0.29) is 17.4 Å². The van der Waals surface area contributed by atoms with E-state index in [1.54, 1.807) is 6.07 Å². The number of anilines is 1. The van der Waals surface area contributed by atoms with Crippen molar-refractivity contribution in [3.05, 3.63) is 28.2 Å². The molecule has 1 amide bonds. The van der Waals surface area contributed by atoms with Crippen molar-refractivity contribution >= 4 is 33.5 Å². The van der Waals surface area contributed by atoms with Crippen molar-refractivity contribution in [1.82, 2.24) is 0 Å². The van der Waals surface area contributed by atoms with E-state index < -0.39 is 5.97 Å². The van der Waals surface area contributed by atoms with Crippen molar-refractivity contribution < 1.29 is 14.7 Å². The summed E-state index contributed by atoms with van der Waals surface area (Å²) in [5.41, 5.74) is 6.28. The van der Waals surface area contributed by atoms with Crippen LogP contribution in [0.4, 0.5) is 5.69 Å². The Labute approximate surface area is 133 Å². The number of hydrogen-bond acceptors (Lipinski definition) is 3. The molecule has 1 aromatic rings. The smallest absolute Gasteiger partial charge is 0.335 e. The third-order valence-corrected chi connectivity index (χ3v) is 3.79. The first-order valence-electron chi connectivity index (χ1n) is 6.86. The number of nitrogens with one attached hydrogen (secondary N) is 1. The first-order valence-corrected chi connectivity index (χ1v) is 7.65. The topological polar surface area (TPSA) is 92.4 Å². The normalized spacial score (nSPS) is 12.2. The number of carboxylic acids is 1. The Bertz CT molecular complexity index is 518. The fourth-order valence-corrected chi connectivity index (χ4v) is 2.49. The Hall–Kier alpha value is -1.40. The van der Waals surface area contributed by atoms with E-state index in [9.17, 15) is 9.59 Å². The highest BCUT2D eigenvalue weighted by Gasteiger charge is 2.15. The van der Waals surface area contributed by atoms with Crippen molar-refractivity contribution in [1.29, 1.82) is 0 Å². The third-order valence-electron chi connectivity index (χ3n) is 3.10. The van der Waals surface area contributed by atoms with Gasteiger partial charge in [0.15, 0.2) is 0 Å². The summed E-state index contributed by atoms with van der Waals surface area (Å²) in [5, 5.41) is 11.7. The van der Waals surface area contributed by atoms with Crippen LogP contribution >= 0.6 is 15.9 Å². The van der Waals surface area contributed by atoms with E-state index in [1.807, 2.05) is 0 Å². The third kappa shape index (κ3) is 5.85. The van der Waals surface area contributed by atoms with Crippen LogP contribution in [-0.4, -0.2) is 23.5 Å². The lowest BCUT2D eigenvalue weighted by atomic mass is 9.94. The van der Waals surface area contributed by atoms with Crippen LogP contribution in [-0.2, 0) is 4.79 Å². The molecular weight excluding hydrogens is 336 g/mol. The maximum Gasteiger partial charge on any atom is 0.335 e. The molecule has 0 aliphatic heterocycles. The fraction of sp³-hybridized carbons (Fsp3) is 0.467. The van der Waals surface area contributed by atoms with Gasteiger partial charge in [-0.1, -0.05) is 13.8 Å². The average Bonchev–Trinajstić information content (AvgIpc) is 2.39. The van der Waals surface area contributed by atoms with Gasteiger partial charge in [0.1, 0.15) is 0 Å². The van der Waals surface area contributed by atoms with Gasteiger partial charge in [-0.2, -0.15) is 0 Å². The van der Waals surface area contributed by atoms with Gasteiger partial charge >= 0.3 is 5.97 Å². The Morgan fingerprint density at radius 3 is 2.57 bits per heavy atom. The number of amides is 1. The van der Waals surface area contributed by atoms with Crippen molar-refractivity contribution in [3.8, 4) is 0 Å². The highest BCUT2D eigenvalue weighted by Crippen LogP contribution is 2.24. The molecule has 0 aliphatic rings. The predicted octanol–water partition coefficient (Wildman–Crippen LogP) is 3.10. The maximum absolute atomic E-state index is 12.1. The second-order valence-electron chi connectivity index (χ2n) is 5.48. The number of hydrogen-bond donors (Lipinski definition) is 3. The average molecular weight is 357 g/mol. The van der Waals surface area contributed by atoms with Crippen LogP contribution < -0.4 is 11.1 Å². The Morgan fingerprint density at radius 1 is 1.38 bits per heavy atom. The zero-order valence-electron chi connectivity index (χ0n) is 12.2. The molecule has 0 saturated heterocycles. The van der Waals surface area contributed by atoms with E-state index in [0.29, 0.717) is 29.0 Å². The van der Waals surface area contributed by atoms with E-state index in [0.717, 1.165) is 6.42 Å². The van der Waals surface area contributed by atoms with Crippen LogP contribution in [0.3, 0.4) is 0 Å². The van der Waals surface area contributed by atoms with Gasteiger partial charge in [0.25, 0.3) is 0 Å². The van der Waals surface area contributed by atoms with Crippen molar-refractivity contribution in [2.45, 2.75) is 26.7 Å². The number of carboxylic acid groups (broad SMARTS) is 1. The second kappa shape index (κ2) is 8.14. The van der Waals surface area contributed by atoms with Gasteiger partial charge in [-0.3, -0.25) is 4.79 Å². The lowest BCUT2D eigenvalue weighted by Gasteiger charge is -2.17. The summed E-state index contributed by atoms with van der Waals surface area (Å²) in [4.78, 5) is 23.0. The molecule has 0 saturated carbocycles. The van der Waals surface area contributed by atoms with Gasteiger partial charge in [0.2, 0.25) is 5.91 Å².